The normalized spacial score (nSPS) is 10.4. The Kier molecular flexibility index (Phi) is 4.03. The highest BCUT2D eigenvalue weighted by molar-refractivity contribution is 7.18. The van der Waals surface area contributed by atoms with Crippen LogP contribution in [-0.4, -0.2) is 0 Å². The monoisotopic (exact) mass is 290 g/mol. The highest BCUT2D eigenvalue weighted by Gasteiger charge is 2.01. The summed E-state index contributed by atoms with van der Waals surface area (Å²) < 4.78 is 1.31. The van der Waals surface area contributed by atoms with Gasteiger partial charge >= 0.3 is 0 Å². The molecule has 104 valence electrons. The van der Waals surface area contributed by atoms with E-state index in [-0.39, 0.29) is 0 Å². The molecule has 1 aromatic heterocycles. The van der Waals surface area contributed by atoms with Gasteiger partial charge in [-0.05, 0) is 36.4 Å². The summed E-state index contributed by atoms with van der Waals surface area (Å²) in [5.41, 5.74) is 3.87. The van der Waals surface area contributed by atoms with Crippen molar-refractivity contribution in [3.05, 3.63) is 83.2 Å². The van der Waals surface area contributed by atoms with E-state index < -0.39 is 0 Å². The molecular weight excluding hydrogens is 272 g/mol. The predicted octanol–water partition coefficient (Wildman–Crippen LogP) is 6.31. The first-order valence-electron chi connectivity index (χ1n) is 7.13. The smallest absolute Gasteiger partial charge is 0.0345 e. The Bertz CT molecular complexity index is 826. The fourth-order valence-electron chi connectivity index (χ4n) is 2.47. The standard InChI is InChI=1S/C20H18S/c1-15-8-7-11-18(14-15)19-12-5-3-9-17-10-4-6-13-20(17)21-16(19)2/h3-14H,1-2H3. The Morgan fingerprint density at radius 1 is 0.714 bits per heavy atom. The number of hydrogen-bond donors (Lipinski definition) is 0. The quantitative estimate of drug-likeness (QED) is 0.492. The number of benzene rings is 2. The molecule has 0 unspecified atom stereocenters. The first-order valence-corrected chi connectivity index (χ1v) is 7.95. The predicted molar refractivity (Wildman–Crippen MR) is 94.4 cm³/mol. The summed E-state index contributed by atoms with van der Waals surface area (Å²) in [6, 6.07) is 25.9. The van der Waals surface area contributed by atoms with Gasteiger partial charge in [0.25, 0.3) is 0 Å². The summed E-state index contributed by atoms with van der Waals surface area (Å²) in [7, 11) is 0. The van der Waals surface area contributed by atoms with Crippen molar-refractivity contribution in [3.8, 4) is 11.1 Å². The molecule has 0 nitrogen and oxygen atoms in total. The maximum absolute atomic E-state index is 2.25. The van der Waals surface area contributed by atoms with Crippen LogP contribution in [0.5, 0.6) is 0 Å². The average molecular weight is 290 g/mol. The lowest BCUT2D eigenvalue weighted by molar-refractivity contribution is 1.46. The van der Waals surface area contributed by atoms with Gasteiger partial charge < -0.3 is 0 Å². The van der Waals surface area contributed by atoms with Gasteiger partial charge in [-0.3, -0.25) is 0 Å². The van der Waals surface area contributed by atoms with Crippen molar-refractivity contribution in [1.82, 2.24) is 0 Å². The summed E-state index contributed by atoms with van der Waals surface area (Å²) in [5, 5.41) is 1.27. The Balaban J connectivity index is 2.31. The fraction of sp³-hybridized carbons (Fsp3) is 0.100. The van der Waals surface area contributed by atoms with E-state index in [1.54, 1.807) is 0 Å². The molecule has 0 atom stereocenters. The van der Waals surface area contributed by atoms with Gasteiger partial charge in [0, 0.05) is 9.58 Å². The van der Waals surface area contributed by atoms with Crippen molar-refractivity contribution < 1.29 is 0 Å². The van der Waals surface area contributed by atoms with Gasteiger partial charge in [0.05, 0.1) is 0 Å². The van der Waals surface area contributed by atoms with E-state index in [4.69, 9.17) is 0 Å². The maximum atomic E-state index is 2.25. The Morgan fingerprint density at radius 2 is 1.43 bits per heavy atom. The van der Waals surface area contributed by atoms with Gasteiger partial charge in [-0.2, -0.15) is 0 Å². The third-order valence-electron chi connectivity index (χ3n) is 3.54. The minimum Gasteiger partial charge on any atom is -0.140 e. The Hall–Kier alpha value is -2.12. The largest absolute Gasteiger partial charge is 0.140 e. The fourth-order valence-corrected chi connectivity index (χ4v) is 3.50. The van der Waals surface area contributed by atoms with Crippen LogP contribution in [0.25, 0.3) is 21.2 Å². The first-order chi connectivity index (χ1) is 10.2. The van der Waals surface area contributed by atoms with Crippen molar-refractivity contribution in [3.63, 3.8) is 0 Å². The molecule has 0 saturated heterocycles. The second-order valence-electron chi connectivity index (χ2n) is 5.20. The van der Waals surface area contributed by atoms with Crippen LogP contribution < -0.4 is 0 Å². The van der Waals surface area contributed by atoms with Crippen LogP contribution in [0.4, 0.5) is 0 Å². The lowest BCUT2D eigenvalue weighted by atomic mass is 10.0. The molecule has 1 heteroatoms. The first kappa shape index (κ1) is 13.8. The van der Waals surface area contributed by atoms with Gasteiger partial charge in [0.15, 0.2) is 0 Å². The van der Waals surface area contributed by atoms with E-state index in [0.717, 1.165) is 0 Å². The molecule has 0 spiro atoms. The van der Waals surface area contributed by atoms with Crippen molar-refractivity contribution in [2.75, 3.05) is 0 Å². The van der Waals surface area contributed by atoms with Crippen molar-refractivity contribution >= 4 is 21.4 Å². The molecule has 0 amide bonds. The average Bonchev–Trinajstić information content (AvgIpc) is 2.55. The van der Waals surface area contributed by atoms with E-state index in [1.165, 1.54) is 31.7 Å². The molecule has 0 aliphatic carbocycles. The number of fused-ring (bicyclic) bond motifs is 1. The number of rotatable bonds is 1. The van der Waals surface area contributed by atoms with Crippen LogP contribution in [0.1, 0.15) is 10.4 Å². The SMILES string of the molecule is Cc1cccc(-c2ccccc3ccccc3sc2C)c1. The zero-order chi connectivity index (χ0) is 14.7. The second-order valence-corrected chi connectivity index (χ2v) is 6.45. The minimum absolute atomic E-state index is 1.27. The van der Waals surface area contributed by atoms with Crippen LogP contribution >= 0.6 is 11.3 Å². The molecule has 3 rings (SSSR count). The maximum Gasteiger partial charge on any atom is 0.0345 e. The summed E-state index contributed by atoms with van der Waals surface area (Å²) in [6.45, 7) is 4.34. The Morgan fingerprint density at radius 3 is 2.19 bits per heavy atom. The van der Waals surface area contributed by atoms with Gasteiger partial charge in [0.1, 0.15) is 0 Å². The molecule has 0 aliphatic heterocycles. The molecule has 21 heavy (non-hydrogen) atoms. The molecule has 3 aromatic rings. The van der Waals surface area contributed by atoms with Crippen LogP contribution in [0.2, 0.25) is 0 Å². The zero-order valence-corrected chi connectivity index (χ0v) is 13.2. The van der Waals surface area contributed by atoms with E-state index >= 15 is 0 Å². The van der Waals surface area contributed by atoms with Crippen molar-refractivity contribution in [2.24, 2.45) is 0 Å². The van der Waals surface area contributed by atoms with Crippen LogP contribution in [0.15, 0.2) is 72.8 Å². The molecule has 0 bridgehead atoms. The molecule has 0 fully saturated rings. The lowest BCUT2D eigenvalue weighted by Crippen LogP contribution is -1.80. The summed E-state index contributed by atoms with van der Waals surface area (Å²) in [6.07, 6.45) is 0. The third kappa shape index (κ3) is 3.14. The van der Waals surface area contributed by atoms with Gasteiger partial charge in [0.2, 0.25) is 0 Å². The highest BCUT2D eigenvalue weighted by Crippen LogP contribution is 2.27. The number of hydrogen-bond acceptors (Lipinski definition) is 1. The third-order valence-corrected chi connectivity index (χ3v) is 4.66. The van der Waals surface area contributed by atoms with E-state index in [9.17, 15) is 0 Å². The van der Waals surface area contributed by atoms with Gasteiger partial charge in [-0.25, -0.2) is 0 Å². The van der Waals surface area contributed by atoms with Crippen molar-refractivity contribution in [2.45, 2.75) is 13.8 Å². The summed E-state index contributed by atoms with van der Waals surface area (Å²) >= 11 is 1.85. The summed E-state index contributed by atoms with van der Waals surface area (Å²) in [4.78, 5) is 1.33. The molecule has 2 aromatic carbocycles. The van der Waals surface area contributed by atoms with E-state index in [2.05, 4.69) is 86.6 Å². The Labute approximate surface area is 130 Å². The molecule has 0 aliphatic rings. The molecule has 0 radical (unpaired) electrons. The molecule has 0 N–H and O–H groups in total. The summed E-state index contributed by atoms with van der Waals surface area (Å²) in [5.74, 6) is 0. The second kappa shape index (κ2) is 6.11. The van der Waals surface area contributed by atoms with Gasteiger partial charge in [-0.15, -0.1) is 11.3 Å². The molecular formula is C20H18S. The minimum atomic E-state index is 1.27. The number of aryl methyl sites for hydroxylation is 2. The highest BCUT2D eigenvalue weighted by atomic mass is 32.1. The van der Waals surface area contributed by atoms with Crippen molar-refractivity contribution in [1.29, 1.82) is 0 Å². The zero-order valence-electron chi connectivity index (χ0n) is 12.3. The lowest BCUT2D eigenvalue weighted by Gasteiger charge is -2.04. The molecule has 1 heterocycles. The topological polar surface area (TPSA) is 0 Å². The molecule has 0 saturated carbocycles. The van der Waals surface area contributed by atoms with Crippen LogP contribution in [-0.2, 0) is 0 Å². The van der Waals surface area contributed by atoms with Crippen LogP contribution in [0, 0.1) is 13.8 Å². The van der Waals surface area contributed by atoms with Gasteiger partial charge in [-0.1, -0.05) is 72.3 Å². The van der Waals surface area contributed by atoms with Crippen LogP contribution in [0.3, 0.4) is 0 Å². The van der Waals surface area contributed by atoms with E-state index in [1.807, 2.05) is 11.3 Å². The van der Waals surface area contributed by atoms with E-state index in [0.29, 0.717) is 0 Å².